The third-order valence-corrected chi connectivity index (χ3v) is 4.39. The second-order valence-corrected chi connectivity index (χ2v) is 7.56. The summed E-state index contributed by atoms with van der Waals surface area (Å²) in [7, 11) is 0. The van der Waals surface area contributed by atoms with Gasteiger partial charge in [-0.25, -0.2) is 4.98 Å². The van der Waals surface area contributed by atoms with Gasteiger partial charge in [0.05, 0.1) is 5.60 Å². The highest BCUT2D eigenvalue weighted by Crippen LogP contribution is 2.32. The van der Waals surface area contributed by atoms with Crippen LogP contribution < -0.4 is 5.73 Å². The Balaban J connectivity index is 2.11. The van der Waals surface area contributed by atoms with Crippen molar-refractivity contribution >= 4 is 22.7 Å². The summed E-state index contributed by atoms with van der Waals surface area (Å²) in [5.41, 5.74) is 9.54. The molecule has 25 heavy (non-hydrogen) atoms. The van der Waals surface area contributed by atoms with Gasteiger partial charge in [-0.1, -0.05) is 24.3 Å². The molecule has 1 aromatic carbocycles. The van der Waals surface area contributed by atoms with Gasteiger partial charge in [0, 0.05) is 23.3 Å². The molecule has 0 aliphatic rings. The van der Waals surface area contributed by atoms with Gasteiger partial charge in [-0.05, 0) is 68.2 Å². The topological polar surface area (TPSA) is 74.9 Å². The zero-order valence-electron chi connectivity index (χ0n) is 15.2. The molecule has 0 aliphatic carbocycles. The lowest BCUT2D eigenvalue weighted by Gasteiger charge is -2.24. The molecule has 3 rings (SSSR count). The second-order valence-electron chi connectivity index (χ2n) is 7.56. The largest absolute Gasteiger partial charge is 0.386 e. The lowest BCUT2D eigenvalue weighted by atomic mass is 9.87. The van der Waals surface area contributed by atoms with Gasteiger partial charge >= 0.3 is 0 Å². The standard InChI is InChI=1S/C21H25N3O/c1-20(2,22)16-7-5-14(6-8-16)18(21(3,4)25)13-15-9-11-23-19-17(15)10-12-24-19/h5-13,25H,22H2,1-4H3,(H,23,24)/b18-13-. The number of hydrogen-bond acceptors (Lipinski definition) is 3. The molecular formula is C21H25N3O. The van der Waals surface area contributed by atoms with Crippen LogP contribution in [0, 0.1) is 0 Å². The quantitative estimate of drug-likeness (QED) is 0.673. The molecule has 4 heteroatoms. The van der Waals surface area contributed by atoms with Gasteiger partial charge in [0.1, 0.15) is 5.65 Å². The third-order valence-electron chi connectivity index (χ3n) is 4.39. The van der Waals surface area contributed by atoms with Crippen molar-refractivity contribution in [3.63, 3.8) is 0 Å². The zero-order chi connectivity index (χ0) is 18.2. The monoisotopic (exact) mass is 335 g/mol. The summed E-state index contributed by atoms with van der Waals surface area (Å²) in [6.45, 7) is 7.56. The van der Waals surface area contributed by atoms with Gasteiger partial charge in [0.25, 0.3) is 0 Å². The third kappa shape index (κ3) is 3.65. The summed E-state index contributed by atoms with van der Waals surface area (Å²) in [5.74, 6) is 0. The van der Waals surface area contributed by atoms with Crippen LogP contribution >= 0.6 is 0 Å². The van der Waals surface area contributed by atoms with Crippen molar-refractivity contribution in [3.8, 4) is 0 Å². The molecule has 0 radical (unpaired) electrons. The van der Waals surface area contributed by atoms with Crippen LogP contribution in [0.15, 0.2) is 48.8 Å². The fraction of sp³-hybridized carbons (Fsp3) is 0.286. The van der Waals surface area contributed by atoms with E-state index in [1.807, 2.05) is 62.5 Å². The number of H-pyrrole nitrogens is 1. The highest BCUT2D eigenvalue weighted by atomic mass is 16.3. The van der Waals surface area contributed by atoms with E-state index < -0.39 is 5.60 Å². The Morgan fingerprint density at radius 2 is 1.76 bits per heavy atom. The van der Waals surface area contributed by atoms with Crippen LogP contribution in [0.4, 0.5) is 0 Å². The Kier molecular flexibility index (Phi) is 4.27. The van der Waals surface area contributed by atoms with Gasteiger partial charge in [-0.2, -0.15) is 0 Å². The maximum absolute atomic E-state index is 10.7. The van der Waals surface area contributed by atoms with E-state index in [9.17, 15) is 5.11 Å². The summed E-state index contributed by atoms with van der Waals surface area (Å²) in [5, 5.41) is 11.8. The van der Waals surface area contributed by atoms with Crippen molar-refractivity contribution in [2.24, 2.45) is 5.73 Å². The molecule has 4 N–H and O–H groups in total. The molecule has 0 bridgehead atoms. The number of nitrogens with two attached hydrogens (primary N) is 1. The maximum Gasteiger partial charge on any atom is 0.137 e. The summed E-state index contributed by atoms with van der Waals surface area (Å²) < 4.78 is 0. The van der Waals surface area contributed by atoms with Crippen LogP contribution in [-0.2, 0) is 5.54 Å². The lowest BCUT2D eigenvalue weighted by Crippen LogP contribution is -2.28. The second kappa shape index (κ2) is 6.14. The molecule has 0 atom stereocenters. The minimum Gasteiger partial charge on any atom is -0.386 e. The number of hydrogen-bond donors (Lipinski definition) is 3. The average Bonchev–Trinajstić information content (AvgIpc) is 3.00. The Hall–Kier alpha value is -2.43. The number of aromatic amines is 1. The Bertz CT molecular complexity index is 907. The SMILES string of the molecule is CC(C)(O)/C(=C\c1ccnc2[nH]ccc12)c1ccc(C(C)(C)N)cc1. The smallest absolute Gasteiger partial charge is 0.137 e. The number of nitrogens with one attached hydrogen (secondary N) is 1. The first-order chi connectivity index (χ1) is 11.7. The van der Waals surface area contributed by atoms with E-state index in [0.717, 1.165) is 33.3 Å². The van der Waals surface area contributed by atoms with Crippen LogP contribution in [0.25, 0.3) is 22.7 Å². The minimum absolute atomic E-state index is 0.389. The number of nitrogens with zero attached hydrogens (tertiary/aromatic N) is 1. The van der Waals surface area contributed by atoms with Crippen LogP contribution in [0.1, 0.15) is 44.4 Å². The molecule has 0 amide bonds. The zero-order valence-corrected chi connectivity index (χ0v) is 15.2. The first-order valence-electron chi connectivity index (χ1n) is 8.43. The molecule has 2 aromatic heterocycles. The van der Waals surface area contributed by atoms with Crippen molar-refractivity contribution in [2.45, 2.75) is 38.8 Å². The molecular weight excluding hydrogens is 310 g/mol. The molecule has 0 saturated carbocycles. The number of pyridine rings is 1. The molecule has 0 fully saturated rings. The van der Waals surface area contributed by atoms with Gasteiger partial charge in [0.15, 0.2) is 0 Å². The molecule has 0 spiro atoms. The highest BCUT2D eigenvalue weighted by Gasteiger charge is 2.22. The predicted octanol–water partition coefficient (Wildman–Crippen LogP) is 4.07. The molecule has 3 aromatic rings. The van der Waals surface area contributed by atoms with E-state index in [1.165, 1.54) is 0 Å². The number of benzene rings is 1. The van der Waals surface area contributed by atoms with E-state index in [0.29, 0.717) is 0 Å². The summed E-state index contributed by atoms with van der Waals surface area (Å²) in [4.78, 5) is 7.44. The summed E-state index contributed by atoms with van der Waals surface area (Å²) >= 11 is 0. The van der Waals surface area contributed by atoms with E-state index >= 15 is 0 Å². The Morgan fingerprint density at radius 1 is 1.08 bits per heavy atom. The van der Waals surface area contributed by atoms with Gasteiger partial charge in [0.2, 0.25) is 0 Å². The van der Waals surface area contributed by atoms with E-state index in [4.69, 9.17) is 5.73 Å². The normalized spacial score (nSPS) is 13.4. The van der Waals surface area contributed by atoms with Gasteiger partial charge in [-0.15, -0.1) is 0 Å². The van der Waals surface area contributed by atoms with Crippen LogP contribution in [0.5, 0.6) is 0 Å². The number of fused-ring (bicyclic) bond motifs is 1. The minimum atomic E-state index is -0.981. The van der Waals surface area contributed by atoms with E-state index in [2.05, 4.69) is 9.97 Å². The molecule has 2 heterocycles. The van der Waals surface area contributed by atoms with Crippen LogP contribution in [0.3, 0.4) is 0 Å². The molecule has 0 saturated heterocycles. The molecule has 0 unspecified atom stereocenters. The van der Waals surface area contributed by atoms with E-state index in [1.54, 1.807) is 20.0 Å². The van der Waals surface area contributed by atoms with Crippen molar-refractivity contribution < 1.29 is 5.11 Å². The number of rotatable bonds is 4. The van der Waals surface area contributed by atoms with Gasteiger partial charge < -0.3 is 15.8 Å². The number of aromatic nitrogens is 2. The molecule has 130 valence electrons. The average molecular weight is 335 g/mol. The Morgan fingerprint density at radius 3 is 2.36 bits per heavy atom. The number of aliphatic hydroxyl groups is 1. The fourth-order valence-corrected chi connectivity index (χ4v) is 2.96. The van der Waals surface area contributed by atoms with Crippen molar-refractivity contribution in [2.75, 3.05) is 0 Å². The summed E-state index contributed by atoms with van der Waals surface area (Å²) in [6, 6.07) is 12.0. The van der Waals surface area contributed by atoms with Crippen molar-refractivity contribution in [3.05, 3.63) is 65.5 Å². The van der Waals surface area contributed by atoms with Crippen LogP contribution in [-0.4, -0.2) is 20.7 Å². The fourth-order valence-electron chi connectivity index (χ4n) is 2.96. The van der Waals surface area contributed by atoms with Crippen molar-refractivity contribution in [1.29, 1.82) is 0 Å². The van der Waals surface area contributed by atoms with Gasteiger partial charge in [-0.3, -0.25) is 0 Å². The first-order valence-corrected chi connectivity index (χ1v) is 8.43. The van der Waals surface area contributed by atoms with E-state index in [-0.39, 0.29) is 5.54 Å². The van der Waals surface area contributed by atoms with Crippen molar-refractivity contribution in [1.82, 2.24) is 9.97 Å². The highest BCUT2D eigenvalue weighted by molar-refractivity contribution is 5.94. The predicted molar refractivity (Wildman–Crippen MR) is 104 cm³/mol. The summed E-state index contributed by atoms with van der Waals surface area (Å²) in [6.07, 6.45) is 5.67. The Labute approximate surface area is 148 Å². The molecule has 4 nitrogen and oxygen atoms in total. The maximum atomic E-state index is 10.7. The van der Waals surface area contributed by atoms with Crippen LogP contribution in [0.2, 0.25) is 0 Å². The first kappa shape index (κ1) is 17.4. The lowest BCUT2D eigenvalue weighted by molar-refractivity contribution is 0.144. The molecule has 0 aliphatic heterocycles.